The number of nitrogens with two attached hydrogens (primary N) is 1. The normalized spacial score (nSPS) is 13.2. The van der Waals surface area contributed by atoms with Gasteiger partial charge in [-0.3, -0.25) is 0 Å². The maximum Gasteiger partial charge on any atom is 0.0539 e. The Hall–Kier alpha value is -0.0900. The molecule has 12 heavy (non-hydrogen) atoms. The van der Waals surface area contributed by atoms with Crippen molar-refractivity contribution < 1.29 is 0 Å². The van der Waals surface area contributed by atoms with Crippen molar-refractivity contribution in [3.05, 3.63) is 21.3 Å². The van der Waals surface area contributed by atoms with E-state index in [1.165, 1.54) is 4.88 Å². The summed E-state index contributed by atoms with van der Waals surface area (Å²) in [5.74, 6) is 0. The third kappa shape index (κ3) is 2.45. The summed E-state index contributed by atoms with van der Waals surface area (Å²) in [5.41, 5.74) is 5.60. The van der Waals surface area contributed by atoms with Crippen LogP contribution in [0, 0.1) is 0 Å². The molecule has 2 nitrogen and oxygen atoms in total. The molecular weight excluding hydrogens is 192 g/mol. The van der Waals surface area contributed by atoms with E-state index in [4.69, 9.17) is 17.3 Å². The van der Waals surface area contributed by atoms with Gasteiger partial charge in [-0.05, 0) is 12.6 Å². The van der Waals surface area contributed by atoms with Gasteiger partial charge in [-0.2, -0.15) is 0 Å². The number of nitrogens with one attached hydrogen (secondary N) is 1. The topological polar surface area (TPSA) is 38.0 Å². The highest BCUT2D eigenvalue weighted by molar-refractivity contribution is 7.10. The van der Waals surface area contributed by atoms with Gasteiger partial charge < -0.3 is 11.1 Å². The van der Waals surface area contributed by atoms with E-state index in [2.05, 4.69) is 12.2 Å². The zero-order valence-electron chi connectivity index (χ0n) is 7.01. The molecule has 3 N–H and O–H groups in total. The lowest BCUT2D eigenvalue weighted by Crippen LogP contribution is -2.27. The van der Waals surface area contributed by atoms with Gasteiger partial charge in [0.05, 0.1) is 11.1 Å². The van der Waals surface area contributed by atoms with Gasteiger partial charge in [-0.1, -0.05) is 18.5 Å². The van der Waals surface area contributed by atoms with E-state index < -0.39 is 0 Å². The van der Waals surface area contributed by atoms with Gasteiger partial charge in [-0.15, -0.1) is 11.3 Å². The minimum Gasteiger partial charge on any atom is -0.329 e. The zero-order valence-corrected chi connectivity index (χ0v) is 8.58. The Bertz CT molecular complexity index is 237. The molecule has 1 aromatic rings. The average Bonchev–Trinajstić information content (AvgIpc) is 2.47. The number of thiophene rings is 1. The number of likely N-dealkylation sites (N-methyl/N-ethyl adjacent to an activating group) is 1. The van der Waals surface area contributed by atoms with Crippen LogP contribution in [0.3, 0.4) is 0 Å². The van der Waals surface area contributed by atoms with Crippen LogP contribution in [0.2, 0.25) is 5.02 Å². The molecule has 1 aromatic heterocycles. The smallest absolute Gasteiger partial charge is 0.0539 e. The predicted octanol–water partition coefficient (Wildman–Crippen LogP) is 2.01. The Balaban J connectivity index is 2.66. The minimum atomic E-state index is 0.257. The molecule has 0 radical (unpaired) electrons. The molecular formula is C8H13ClN2S. The van der Waals surface area contributed by atoms with E-state index >= 15 is 0 Å². The lowest BCUT2D eigenvalue weighted by molar-refractivity contribution is 0.570. The molecule has 0 aliphatic rings. The molecule has 0 aromatic carbocycles. The minimum absolute atomic E-state index is 0.257. The highest BCUT2D eigenvalue weighted by atomic mass is 35.5. The van der Waals surface area contributed by atoms with E-state index in [9.17, 15) is 0 Å². The maximum atomic E-state index is 5.80. The van der Waals surface area contributed by atoms with Crippen LogP contribution in [-0.4, -0.2) is 13.1 Å². The number of hydrogen-bond acceptors (Lipinski definition) is 3. The van der Waals surface area contributed by atoms with Crippen molar-refractivity contribution in [2.45, 2.75) is 13.0 Å². The van der Waals surface area contributed by atoms with Crippen molar-refractivity contribution >= 4 is 22.9 Å². The second-order valence-corrected chi connectivity index (χ2v) is 3.89. The van der Waals surface area contributed by atoms with Gasteiger partial charge in [0.2, 0.25) is 0 Å². The molecule has 0 aliphatic heterocycles. The highest BCUT2D eigenvalue weighted by Crippen LogP contribution is 2.24. The Morgan fingerprint density at radius 3 is 2.92 bits per heavy atom. The second-order valence-electron chi connectivity index (χ2n) is 2.51. The predicted molar refractivity (Wildman–Crippen MR) is 54.8 cm³/mol. The molecule has 0 fully saturated rings. The fourth-order valence-electron chi connectivity index (χ4n) is 1.06. The van der Waals surface area contributed by atoms with Crippen molar-refractivity contribution in [3.8, 4) is 0 Å². The third-order valence-corrected chi connectivity index (χ3v) is 3.01. The Labute approximate surface area is 81.7 Å². The van der Waals surface area contributed by atoms with Gasteiger partial charge in [-0.25, -0.2) is 0 Å². The first-order chi connectivity index (χ1) is 5.77. The van der Waals surface area contributed by atoms with E-state index in [1.807, 2.05) is 11.4 Å². The fourth-order valence-corrected chi connectivity index (χ4v) is 2.23. The van der Waals surface area contributed by atoms with Crippen molar-refractivity contribution in [1.29, 1.82) is 0 Å². The number of rotatable bonds is 4. The summed E-state index contributed by atoms with van der Waals surface area (Å²) in [6.07, 6.45) is 0. The van der Waals surface area contributed by atoms with E-state index in [-0.39, 0.29) is 6.04 Å². The maximum absolute atomic E-state index is 5.80. The molecule has 0 aliphatic carbocycles. The van der Waals surface area contributed by atoms with Gasteiger partial charge in [0.15, 0.2) is 0 Å². The Morgan fingerprint density at radius 1 is 1.75 bits per heavy atom. The fraction of sp³-hybridized carbons (Fsp3) is 0.500. The van der Waals surface area contributed by atoms with Crippen LogP contribution in [0.1, 0.15) is 17.8 Å². The zero-order chi connectivity index (χ0) is 8.97. The SMILES string of the molecule is CCNC(CN)c1cc(Cl)cs1. The Kier molecular flexibility index (Phi) is 4.01. The molecule has 0 bridgehead atoms. The molecule has 0 amide bonds. The summed E-state index contributed by atoms with van der Waals surface area (Å²) in [6, 6.07) is 2.22. The molecule has 68 valence electrons. The standard InChI is InChI=1S/C8H13ClN2S/c1-2-11-7(4-10)8-3-6(9)5-12-8/h3,5,7,11H,2,4,10H2,1H3. The molecule has 4 heteroatoms. The van der Waals surface area contributed by atoms with Crippen LogP contribution < -0.4 is 11.1 Å². The number of hydrogen-bond donors (Lipinski definition) is 2. The molecule has 1 unspecified atom stereocenters. The van der Waals surface area contributed by atoms with Crippen LogP contribution >= 0.6 is 22.9 Å². The summed E-state index contributed by atoms with van der Waals surface area (Å²) in [6.45, 7) is 3.61. The van der Waals surface area contributed by atoms with Crippen molar-refractivity contribution in [1.82, 2.24) is 5.32 Å². The van der Waals surface area contributed by atoms with Gasteiger partial charge in [0, 0.05) is 16.8 Å². The largest absolute Gasteiger partial charge is 0.329 e. The van der Waals surface area contributed by atoms with Crippen LogP contribution in [0.4, 0.5) is 0 Å². The molecule has 0 saturated carbocycles. The second kappa shape index (κ2) is 4.82. The summed E-state index contributed by atoms with van der Waals surface area (Å²) in [4.78, 5) is 1.21. The van der Waals surface area contributed by atoms with Crippen LogP contribution in [0.15, 0.2) is 11.4 Å². The first-order valence-electron chi connectivity index (χ1n) is 3.95. The lowest BCUT2D eigenvalue weighted by atomic mass is 10.2. The molecule has 1 heterocycles. The molecule has 0 spiro atoms. The van der Waals surface area contributed by atoms with Crippen molar-refractivity contribution in [3.63, 3.8) is 0 Å². The first kappa shape index (κ1) is 9.99. The van der Waals surface area contributed by atoms with Gasteiger partial charge in [0.1, 0.15) is 0 Å². The highest BCUT2D eigenvalue weighted by Gasteiger charge is 2.09. The Morgan fingerprint density at radius 2 is 2.50 bits per heavy atom. The first-order valence-corrected chi connectivity index (χ1v) is 5.21. The van der Waals surface area contributed by atoms with E-state index in [0.29, 0.717) is 6.54 Å². The van der Waals surface area contributed by atoms with E-state index in [1.54, 1.807) is 11.3 Å². The quantitative estimate of drug-likeness (QED) is 0.788. The van der Waals surface area contributed by atoms with Crippen LogP contribution in [0.25, 0.3) is 0 Å². The summed E-state index contributed by atoms with van der Waals surface area (Å²) >= 11 is 7.45. The summed E-state index contributed by atoms with van der Waals surface area (Å²) < 4.78 is 0. The van der Waals surface area contributed by atoms with Crippen LogP contribution in [0.5, 0.6) is 0 Å². The van der Waals surface area contributed by atoms with Gasteiger partial charge >= 0.3 is 0 Å². The van der Waals surface area contributed by atoms with Crippen molar-refractivity contribution in [2.75, 3.05) is 13.1 Å². The number of halogens is 1. The monoisotopic (exact) mass is 204 g/mol. The van der Waals surface area contributed by atoms with E-state index in [0.717, 1.165) is 11.6 Å². The lowest BCUT2D eigenvalue weighted by Gasteiger charge is -2.12. The summed E-state index contributed by atoms with van der Waals surface area (Å²) in [5, 5.41) is 6.01. The van der Waals surface area contributed by atoms with Gasteiger partial charge in [0.25, 0.3) is 0 Å². The summed E-state index contributed by atoms with van der Waals surface area (Å²) in [7, 11) is 0. The van der Waals surface area contributed by atoms with Crippen molar-refractivity contribution in [2.24, 2.45) is 5.73 Å². The molecule has 1 atom stereocenters. The molecule has 1 rings (SSSR count). The molecule has 0 saturated heterocycles. The average molecular weight is 205 g/mol. The third-order valence-electron chi connectivity index (χ3n) is 1.62. The van der Waals surface area contributed by atoms with Crippen LogP contribution in [-0.2, 0) is 0 Å².